The molecule has 0 unspecified atom stereocenters. The van der Waals surface area contributed by atoms with Crippen molar-refractivity contribution in [3.63, 3.8) is 0 Å². The van der Waals surface area contributed by atoms with Crippen LogP contribution in [0, 0.1) is 6.92 Å². The number of thiazole rings is 1. The van der Waals surface area contributed by atoms with Gasteiger partial charge in [0.15, 0.2) is 10.2 Å². The smallest absolute Gasteiger partial charge is 0.189 e. The normalized spacial score (nSPS) is 10.2. The van der Waals surface area contributed by atoms with E-state index in [4.69, 9.17) is 17.0 Å². The van der Waals surface area contributed by atoms with Crippen LogP contribution >= 0.6 is 23.6 Å². The Balaban J connectivity index is 1.74. The van der Waals surface area contributed by atoms with E-state index in [0.717, 1.165) is 33.4 Å². The highest BCUT2D eigenvalue weighted by molar-refractivity contribution is 7.80. The Hall–Kier alpha value is -2.44. The molecule has 122 valence electrons. The molecule has 0 atom stereocenters. The van der Waals surface area contributed by atoms with Crippen LogP contribution < -0.4 is 15.4 Å². The van der Waals surface area contributed by atoms with Gasteiger partial charge in [-0.15, -0.1) is 11.3 Å². The Morgan fingerprint density at radius 3 is 2.67 bits per heavy atom. The second-order valence-electron chi connectivity index (χ2n) is 5.19. The van der Waals surface area contributed by atoms with E-state index in [9.17, 15) is 0 Å². The van der Waals surface area contributed by atoms with Gasteiger partial charge in [0.25, 0.3) is 0 Å². The van der Waals surface area contributed by atoms with E-state index in [1.165, 1.54) is 11.3 Å². The Morgan fingerprint density at radius 1 is 1.12 bits per heavy atom. The molecule has 1 heterocycles. The number of hydrogen-bond acceptors (Lipinski definition) is 4. The summed E-state index contributed by atoms with van der Waals surface area (Å²) in [5.41, 5.74) is 3.94. The van der Waals surface area contributed by atoms with Crippen LogP contribution in [0.4, 0.5) is 10.8 Å². The number of rotatable bonds is 4. The second kappa shape index (κ2) is 7.42. The number of nitrogens with one attached hydrogen (secondary N) is 2. The maximum atomic E-state index is 5.43. The van der Waals surface area contributed by atoms with Gasteiger partial charge in [0.1, 0.15) is 5.75 Å². The molecule has 0 fully saturated rings. The van der Waals surface area contributed by atoms with E-state index in [2.05, 4.69) is 21.7 Å². The van der Waals surface area contributed by atoms with Crippen molar-refractivity contribution in [3.05, 3.63) is 59.5 Å². The predicted molar refractivity (Wildman–Crippen MR) is 105 cm³/mol. The van der Waals surface area contributed by atoms with Crippen LogP contribution in [-0.4, -0.2) is 17.2 Å². The molecule has 0 radical (unpaired) electrons. The van der Waals surface area contributed by atoms with Gasteiger partial charge < -0.3 is 15.4 Å². The summed E-state index contributed by atoms with van der Waals surface area (Å²) in [5, 5.41) is 9.49. The predicted octanol–water partition coefficient (Wildman–Crippen LogP) is 4.94. The molecular formula is C18H17N3OS2. The number of anilines is 2. The molecule has 4 nitrogen and oxygen atoms in total. The number of hydrogen-bond donors (Lipinski definition) is 2. The first-order valence-corrected chi connectivity index (χ1v) is 8.68. The van der Waals surface area contributed by atoms with E-state index in [1.807, 2.05) is 54.8 Å². The third-order valence-electron chi connectivity index (χ3n) is 3.39. The second-order valence-corrected chi connectivity index (χ2v) is 6.45. The van der Waals surface area contributed by atoms with Crippen LogP contribution in [0.2, 0.25) is 0 Å². The van der Waals surface area contributed by atoms with Gasteiger partial charge in [0.05, 0.1) is 12.8 Å². The van der Waals surface area contributed by atoms with Gasteiger partial charge >= 0.3 is 0 Å². The van der Waals surface area contributed by atoms with Gasteiger partial charge in [-0.25, -0.2) is 4.98 Å². The highest BCUT2D eigenvalue weighted by Gasteiger charge is 2.11. The van der Waals surface area contributed by atoms with E-state index in [-0.39, 0.29) is 0 Å². The zero-order valence-electron chi connectivity index (χ0n) is 13.4. The average molecular weight is 355 g/mol. The van der Waals surface area contributed by atoms with Crippen LogP contribution in [0.3, 0.4) is 0 Å². The fraction of sp³-hybridized carbons (Fsp3) is 0.111. The minimum atomic E-state index is 0.512. The van der Waals surface area contributed by atoms with Crippen molar-refractivity contribution < 1.29 is 4.74 Å². The number of ether oxygens (including phenoxy) is 1. The lowest BCUT2D eigenvalue weighted by molar-refractivity contribution is 0.416. The maximum absolute atomic E-state index is 5.43. The first-order chi connectivity index (χ1) is 11.7. The topological polar surface area (TPSA) is 46.2 Å². The lowest BCUT2D eigenvalue weighted by Crippen LogP contribution is -2.18. The number of thiocarbonyl (C=S) groups is 1. The minimum Gasteiger partial charge on any atom is -0.496 e. The van der Waals surface area contributed by atoms with Crippen LogP contribution in [0.15, 0.2) is 53.9 Å². The van der Waals surface area contributed by atoms with Crippen LogP contribution in [0.25, 0.3) is 11.3 Å². The number of methoxy groups -OCH3 is 1. The molecule has 0 spiro atoms. The molecule has 0 aliphatic rings. The van der Waals surface area contributed by atoms with E-state index in [1.54, 1.807) is 7.11 Å². The molecule has 0 saturated carbocycles. The van der Waals surface area contributed by atoms with Crippen LogP contribution in [-0.2, 0) is 0 Å². The van der Waals surface area contributed by atoms with Crippen molar-refractivity contribution in [1.82, 2.24) is 4.98 Å². The monoisotopic (exact) mass is 355 g/mol. The highest BCUT2D eigenvalue weighted by Crippen LogP contribution is 2.33. The van der Waals surface area contributed by atoms with Gasteiger partial charge in [-0.2, -0.15) is 0 Å². The van der Waals surface area contributed by atoms with Gasteiger partial charge in [0, 0.05) is 16.6 Å². The molecule has 0 amide bonds. The Morgan fingerprint density at radius 2 is 1.92 bits per heavy atom. The molecular weight excluding hydrogens is 338 g/mol. The van der Waals surface area contributed by atoms with Crippen molar-refractivity contribution >= 4 is 39.5 Å². The van der Waals surface area contributed by atoms with Crippen molar-refractivity contribution in [2.24, 2.45) is 0 Å². The SMILES string of the molecule is COc1ccc(C)cc1-c1csc(NC(=S)Nc2ccccc2)n1. The summed E-state index contributed by atoms with van der Waals surface area (Å²) in [6.07, 6.45) is 0. The molecule has 24 heavy (non-hydrogen) atoms. The molecule has 0 aliphatic carbocycles. The van der Waals surface area contributed by atoms with Crippen molar-refractivity contribution in [2.75, 3.05) is 17.7 Å². The largest absolute Gasteiger partial charge is 0.496 e. The fourth-order valence-corrected chi connectivity index (χ4v) is 3.25. The quantitative estimate of drug-likeness (QED) is 0.649. The highest BCUT2D eigenvalue weighted by atomic mass is 32.1. The number of aryl methyl sites for hydroxylation is 1. The first-order valence-electron chi connectivity index (χ1n) is 7.39. The zero-order chi connectivity index (χ0) is 16.9. The molecule has 3 aromatic rings. The summed E-state index contributed by atoms with van der Waals surface area (Å²) in [5.74, 6) is 0.808. The van der Waals surface area contributed by atoms with Gasteiger partial charge in [-0.05, 0) is 43.4 Å². The third-order valence-corrected chi connectivity index (χ3v) is 4.35. The van der Waals surface area contributed by atoms with Crippen molar-refractivity contribution in [3.8, 4) is 17.0 Å². The molecule has 2 N–H and O–H groups in total. The minimum absolute atomic E-state index is 0.512. The number of benzene rings is 2. The number of nitrogens with zero attached hydrogens (tertiary/aromatic N) is 1. The molecule has 1 aromatic heterocycles. The summed E-state index contributed by atoms with van der Waals surface area (Å²) in [6.45, 7) is 2.05. The number of aromatic nitrogens is 1. The standard InChI is InChI=1S/C18H17N3OS2/c1-12-8-9-16(22-2)14(10-12)15-11-24-18(20-15)21-17(23)19-13-6-4-3-5-7-13/h3-11H,1-2H3,(H2,19,20,21,23). The van der Waals surface area contributed by atoms with E-state index in [0.29, 0.717) is 5.11 Å². The molecule has 3 rings (SSSR count). The van der Waals surface area contributed by atoms with E-state index < -0.39 is 0 Å². The molecule has 2 aromatic carbocycles. The Kier molecular flexibility index (Phi) is 5.08. The van der Waals surface area contributed by atoms with Crippen molar-refractivity contribution in [1.29, 1.82) is 0 Å². The summed E-state index contributed by atoms with van der Waals surface area (Å²) in [7, 11) is 1.67. The average Bonchev–Trinajstić information content (AvgIpc) is 3.04. The lowest BCUT2D eigenvalue weighted by atomic mass is 10.1. The molecule has 0 saturated heterocycles. The molecule has 6 heteroatoms. The van der Waals surface area contributed by atoms with Crippen molar-refractivity contribution in [2.45, 2.75) is 6.92 Å². The van der Waals surface area contributed by atoms with Gasteiger partial charge in [0.2, 0.25) is 0 Å². The molecule has 0 bridgehead atoms. The third kappa shape index (κ3) is 3.90. The maximum Gasteiger partial charge on any atom is 0.189 e. The summed E-state index contributed by atoms with van der Waals surface area (Å²) in [4.78, 5) is 4.61. The van der Waals surface area contributed by atoms with Gasteiger partial charge in [-0.1, -0.05) is 29.8 Å². The number of para-hydroxylation sites is 1. The summed E-state index contributed by atoms with van der Waals surface area (Å²) >= 11 is 6.84. The first kappa shape index (κ1) is 16.4. The fourth-order valence-electron chi connectivity index (χ4n) is 2.26. The van der Waals surface area contributed by atoms with Gasteiger partial charge in [-0.3, -0.25) is 0 Å². The molecule has 0 aliphatic heterocycles. The summed E-state index contributed by atoms with van der Waals surface area (Å²) < 4.78 is 5.43. The summed E-state index contributed by atoms with van der Waals surface area (Å²) in [6, 6.07) is 15.8. The Labute approximate surface area is 150 Å². The Bertz CT molecular complexity index is 846. The van der Waals surface area contributed by atoms with E-state index >= 15 is 0 Å². The van der Waals surface area contributed by atoms with Crippen LogP contribution in [0.5, 0.6) is 5.75 Å². The zero-order valence-corrected chi connectivity index (χ0v) is 15.0. The van der Waals surface area contributed by atoms with Crippen LogP contribution in [0.1, 0.15) is 5.56 Å². The lowest BCUT2D eigenvalue weighted by Gasteiger charge is -2.08.